The Morgan fingerprint density at radius 3 is 2.79 bits per heavy atom. The van der Waals surface area contributed by atoms with Gasteiger partial charge in [-0.15, -0.1) is 0 Å². The van der Waals surface area contributed by atoms with Gasteiger partial charge in [-0.1, -0.05) is 6.07 Å². The number of aromatic nitrogens is 4. The van der Waals surface area contributed by atoms with E-state index in [4.69, 9.17) is 10.5 Å². The van der Waals surface area contributed by atoms with Crippen LogP contribution in [0.5, 0.6) is 5.75 Å². The van der Waals surface area contributed by atoms with Crippen molar-refractivity contribution in [1.29, 1.82) is 0 Å². The number of aromatic amines is 1. The number of carbonyl (C=O) groups excluding carboxylic acids is 1. The Balaban J connectivity index is 1.46. The fourth-order valence-corrected chi connectivity index (χ4v) is 2.62. The van der Waals surface area contributed by atoms with Crippen LogP contribution < -0.4 is 21.1 Å². The van der Waals surface area contributed by atoms with Crippen LogP contribution in [0.1, 0.15) is 0 Å². The Bertz CT molecular complexity index is 1110. The Hall–Kier alpha value is -4.14. The SMILES string of the molecule is NC(=O)COc1ccc(Nc2nccc(Nc3cccc4[nH]ncc34)n2)cc1. The lowest BCUT2D eigenvalue weighted by Crippen LogP contribution is -2.19. The maximum absolute atomic E-state index is 10.8. The van der Waals surface area contributed by atoms with Gasteiger partial charge in [0.2, 0.25) is 5.95 Å². The number of benzene rings is 2. The molecular formula is C19H17N7O2. The van der Waals surface area contributed by atoms with Gasteiger partial charge in [0, 0.05) is 17.3 Å². The van der Waals surface area contributed by atoms with E-state index in [-0.39, 0.29) is 6.61 Å². The Morgan fingerprint density at radius 2 is 1.96 bits per heavy atom. The average molecular weight is 375 g/mol. The van der Waals surface area contributed by atoms with Gasteiger partial charge in [0.15, 0.2) is 6.61 Å². The fraction of sp³-hybridized carbons (Fsp3) is 0.0526. The highest BCUT2D eigenvalue weighted by Crippen LogP contribution is 2.25. The van der Waals surface area contributed by atoms with Crippen LogP contribution in [0.15, 0.2) is 60.9 Å². The van der Waals surface area contributed by atoms with E-state index >= 15 is 0 Å². The first-order valence-electron chi connectivity index (χ1n) is 8.48. The lowest BCUT2D eigenvalue weighted by Gasteiger charge is -2.10. The molecule has 0 saturated heterocycles. The number of nitrogens with one attached hydrogen (secondary N) is 3. The molecule has 0 unspecified atom stereocenters. The molecule has 9 heteroatoms. The lowest BCUT2D eigenvalue weighted by atomic mass is 10.2. The van der Waals surface area contributed by atoms with E-state index in [1.165, 1.54) is 0 Å². The monoisotopic (exact) mass is 375 g/mol. The predicted octanol–water partition coefficient (Wildman–Crippen LogP) is 2.70. The third-order valence-electron chi connectivity index (χ3n) is 3.89. The number of nitrogens with zero attached hydrogens (tertiary/aromatic N) is 3. The topological polar surface area (TPSA) is 131 Å². The van der Waals surface area contributed by atoms with Gasteiger partial charge in [-0.2, -0.15) is 10.1 Å². The van der Waals surface area contributed by atoms with Crippen molar-refractivity contribution >= 4 is 40.0 Å². The maximum atomic E-state index is 10.8. The van der Waals surface area contributed by atoms with Gasteiger partial charge >= 0.3 is 0 Å². The number of anilines is 4. The first kappa shape index (κ1) is 17.3. The summed E-state index contributed by atoms with van der Waals surface area (Å²) in [6.45, 7) is -0.160. The number of nitrogens with two attached hydrogens (primary N) is 1. The summed E-state index contributed by atoms with van der Waals surface area (Å²) in [4.78, 5) is 19.5. The first-order valence-corrected chi connectivity index (χ1v) is 8.48. The Labute approximate surface area is 160 Å². The van der Waals surface area contributed by atoms with Crippen molar-refractivity contribution < 1.29 is 9.53 Å². The zero-order valence-corrected chi connectivity index (χ0v) is 14.7. The van der Waals surface area contributed by atoms with Crippen molar-refractivity contribution in [3.63, 3.8) is 0 Å². The summed E-state index contributed by atoms with van der Waals surface area (Å²) < 4.78 is 5.24. The van der Waals surface area contributed by atoms with Crippen LogP contribution in [-0.2, 0) is 4.79 Å². The number of hydrogen-bond acceptors (Lipinski definition) is 7. The van der Waals surface area contributed by atoms with Gasteiger partial charge in [-0.3, -0.25) is 9.89 Å². The highest BCUT2D eigenvalue weighted by Gasteiger charge is 2.05. The summed E-state index contributed by atoms with van der Waals surface area (Å²) in [5.74, 6) is 1.11. The van der Waals surface area contributed by atoms with Gasteiger partial charge in [0.1, 0.15) is 11.6 Å². The van der Waals surface area contributed by atoms with E-state index in [1.807, 2.05) is 18.2 Å². The van der Waals surface area contributed by atoms with Gasteiger partial charge in [0.05, 0.1) is 17.4 Å². The third-order valence-corrected chi connectivity index (χ3v) is 3.89. The molecular weight excluding hydrogens is 358 g/mol. The molecule has 4 aromatic rings. The van der Waals surface area contributed by atoms with Gasteiger partial charge in [-0.25, -0.2) is 4.98 Å². The molecule has 28 heavy (non-hydrogen) atoms. The molecule has 1 amide bonds. The van der Waals surface area contributed by atoms with Crippen LogP contribution in [-0.4, -0.2) is 32.7 Å². The zero-order valence-electron chi connectivity index (χ0n) is 14.7. The summed E-state index contributed by atoms with van der Waals surface area (Å²) in [5.41, 5.74) is 7.68. The number of hydrogen-bond donors (Lipinski definition) is 4. The van der Waals surface area contributed by atoms with Crippen LogP contribution in [0.4, 0.5) is 23.1 Å². The number of amides is 1. The molecule has 0 bridgehead atoms. The summed E-state index contributed by atoms with van der Waals surface area (Å²) in [7, 11) is 0. The highest BCUT2D eigenvalue weighted by atomic mass is 16.5. The van der Waals surface area contributed by atoms with E-state index in [0.717, 1.165) is 22.3 Å². The van der Waals surface area contributed by atoms with Crippen molar-refractivity contribution in [2.45, 2.75) is 0 Å². The van der Waals surface area contributed by atoms with Crippen molar-refractivity contribution in [3.05, 3.63) is 60.9 Å². The molecule has 140 valence electrons. The molecule has 2 heterocycles. The average Bonchev–Trinajstić information content (AvgIpc) is 3.18. The molecule has 0 aliphatic rings. The van der Waals surface area contributed by atoms with E-state index in [2.05, 4.69) is 30.8 Å². The van der Waals surface area contributed by atoms with E-state index in [1.54, 1.807) is 42.7 Å². The zero-order chi connectivity index (χ0) is 19.3. The normalized spacial score (nSPS) is 10.6. The third kappa shape index (κ3) is 3.98. The molecule has 0 atom stereocenters. The number of H-pyrrole nitrogens is 1. The molecule has 9 nitrogen and oxygen atoms in total. The molecule has 0 saturated carbocycles. The minimum atomic E-state index is -0.522. The van der Waals surface area contributed by atoms with Crippen LogP contribution in [0.25, 0.3) is 10.9 Å². The molecule has 5 N–H and O–H groups in total. The van der Waals surface area contributed by atoms with Gasteiger partial charge in [0.25, 0.3) is 5.91 Å². The van der Waals surface area contributed by atoms with Gasteiger partial charge in [-0.05, 0) is 42.5 Å². The summed E-state index contributed by atoms with van der Waals surface area (Å²) >= 11 is 0. The second kappa shape index (κ2) is 7.62. The van der Waals surface area contributed by atoms with Gasteiger partial charge < -0.3 is 21.1 Å². The molecule has 4 rings (SSSR count). The number of fused-ring (bicyclic) bond motifs is 1. The lowest BCUT2D eigenvalue weighted by molar-refractivity contribution is -0.119. The maximum Gasteiger partial charge on any atom is 0.255 e. The smallest absolute Gasteiger partial charge is 0.255 e. The molecule has 0 aliphatic carbocycles. The summed E-state index contributed by atoms with van der Waals surface area (Å²) in [5, 5.41) is 14.4. The van der Waals surface area contributed by atoms with E-state index in [0.29, 0.717) is 17.5 Å². The van der Waals surface area contributed by atoms with Crippen LogP contribution in [0.2, 0.25) is 0 Å². The summed E-state index contributed by atoms with van der Waals surface area (Å²) in [6.07, 6.45) is 3.43. The first-order chi connectivity index (χ1) is 13.7. The van der Waals surface area contributed by atoms with Crippen molar-refractivity contribution in [2.75, 3.05) is 17.2 Å². The Morgan fingerprint density at radius 1 is 1.11 bits per heavy atom. The molecule has 2 aromatic carbocycles. The summed E-state index contributed by atoms with van der Waals surface area (Å²) in [6, 6.07) is 14.7. The highest BCUT2D eigenvalue weighted by molar-refractivity contribution is 5.92. The molecule has 0 aliphatic heterocycles. The number of ether oxygens (including phenoxy) is 1. The van der Waals surface area contributed by atoms with E-state index in [9.17, 15) is 4.79 Å². The molecule has 0 fully saturated rings. The van der Waals surface area contributed by atoms with Crippen molar-refractivity contribution in [2.24, 2.45) is 5.73 Å². The second-order valence-corrected chi connectivity index (χ2v) is 5.93. The second-order valence-electron chi connectivity index (χ2n) is 5.93. The molecule has 2 aromatic heterocycles. The predicted molar refractivity (Wildman–Crippen MR) is 106 cm³/mol. The molecule has 0 radical (unpaired) electrons. The standard InChI is InChI=1S/C19H17N7O2/c20-17(27)11-28-13-6-4-12(5-7-13)23-19-21-9-8-18(25-19)24-15-2-1-3-16-14(15)10-22-26-16/h1-10H,11H2,(H2,20,27)(H,22,26)(H2,21,23,24,25). The number of rotatable bonds is 7. The molecule has 0 spiro atoms. The van der Waals surface area contributed by atoms with E-state index < -0.39 is 5.91 Å². The Kier molecular flexibility index (Phi) is 4.70. The van der Waals surface area contributed by atoms with Crippen LogP contribution >= 0.6 is 0 Å². The van der Waals surface area contributed by atoms with Crippen molar-refractivity contribution in [1.82, 2.24) is 20.2 Å². The largest absolute Gasteiger partial charge is 0.484 e. The fourth-order valence-electron chi connectivity index (χ4n) is 2.62. The van der Waals surface area contributed by atoms with Crippen LogP contribution in [0, 0.1) is 0 Å². The number of carbonyl (C=O) groups is 1. The quantitative estimate of drug-likeness (QED) is 0.390. The van der Waals surface area contributed by atoms with Crippen molar-refractivity contribution in [3.8, 4) is 5.75 Å². The van der Waals surface area contributed by atoms with Crippen LogP contribution in [0.3, 0.4) is 0 Å². The minimum absolute atomic E-state index is 0.160. The minimum Gasteiger partial charge on any atom is -0.484 e. The number of primary amides is 1.